The molecular weight excluding hydrogens is 226 g/mol. The Morgan fingerprint density at radius 1 is 1.38 bits per heavy atom. The first-order valence-electron chi connectivity index (χ1n) is 6.02. The molecule has 1 aliphatic carbocycles. The third-order valence-corrected chi connectivity index (χ3v) is 4.78. The summed E-state index contributed by atoms with van der Waals surface area (Å²) < 4.78 is 30.0. The summed E-state index contributed by atoms with van der Waals surface area (Å²) in [4.78, 5) is 0. The molecule has 0 aromatic rings. The highest BCUT2D eigenvalue weighted by atomic mass is 32.2. The fourth-order valence-electron chi connectivity index (χ4n) is 2.73. The number of rotatable bonds is 4. The van der Waals surface area contributed by atoms with Crippen LogP contribution in [0.5, 0.6) is 0 Å². The van der Waals surface area contributed by atoms with Gasteiger partial charge in [-0.25, -0.2) is 0 Å². The Morgan fingerprint density at radius 3 is 2.56 bits per heavy atom. The highest BCUT2D eigenvalue weighted by Gasteiger charge is 2.31. The van der Waals surface area contributed by atoms with Gasteiger partial charge in [0.1, 0.15) is 0 Å². The van der Waals surface area contributed by atoms with Crippen molar-refractivity contribution in [1.29, 1.82) is 0 Å². The molecule has 16 heavy (non-hydrogen) atoms. The molecule has 1 aliphatic rings. The molecular formula is C11H23NO3S. The lowest BCUT2D eigenvalue weighted by atomic mass is 9.70. The third-order valence-electron chi connectivity index (χ3n) is 4.03. The van der Waals surface area contributed by atoms with E-state index in [0.29, 0.717) is 24.2 Å². The summed E-state index contributed by atoms with van der Waals surface area (Å²) in [6.45, 7) is 4.42. The molecule has 1 rings (SSSR count). The summed E-state index contributed by atoms with van der Waals surface area (Å²) in [5.74, 6) is 1.39. The molecule has 3 N–H and O–H groups in total. The van der Waals surface area contributed by atoms with Crippen molar-refractivity contribution in [1.82, 2.24) is 0 Å². The molecule has 1 fully saturated rings. The zero-order valence-electron chi connectivity index (χ0n) is 10.1. The average molecular weight is 249 g/mol. The van der Waals surface area contributed by atoms with Gasteiger partial charge in [0.2, 0.25) is 0 Å². The first-order chi connectivity index (χ1) is 7.31. The lowest BCUT2D eigenvalue weighted by Crippen LogP contribution is -2.39. The highest BCUT2D eigenvalue weighted by molar-refractivity contribution is 7.85. The van der Waals surface area contributed by atoms with Gasteiger partial charge in [-0.05, 0) is 30.6 Å². The summed E-state index contributed by atoms with van der Waals surface area (Å²) in [6.07, 6.45) is 3.86. The van der Waals surface area contributed by atoms with E-state index in [9.17, 15) is 8.42 Å². The molecule has 4 atom stereocenters. The second kappa shape index (κ2) is 5.47. The van der Waals surface area contributed by atoms with Crippen molar-refractivity contribution in [3.05, 3.63) is 0 Å². The first-order valence-corrected chi connectivity index (χ1v) is 7.63. The van der Waals surface area contributed by atoms with Crippen LogP contribution in [0.3, 0.4) is 0 Å². The van der Waals surface area contributed by atoms with Crippen molar-refractivity contribution < 1.29 is 13.0 Å². The van der Waals surface area contributed by atoms with E-state index < -0.39 is 10.1 Å². The van der Waals surface area contributed by atoms with Gasteiger partial charge in [0.15, 0.2) is 0 Å². The van der Waals surface area contributed by atoms with Crippen molar-refractivity contribution in [2.75, 3.05) is 5.75 Å². The minimum absolute atomic E-state index is 0.111. The minimum atomic E-state index is -3.87. The van der Waals surface area contributed by atoms with Crippen LogP contribution in [-0.2, 0) is 10.1 Å². The van der Waals surface area contributed by atoms with Gasteiger partial charge < -0.3 is 5.73 Å². The predicted molar refractivity (Wildman–Crippen MR) is 64.7 cm³/mol. The Hall–Kier alpha value is -0.130. The summed E-state index contributed by atoms with van der Waals surface area (Å²) in [6, 6.07) is -0.111. The Kier molecular flexibility index (Phi) is 4.76. The standard InChI is InChI=1S/C11H23NO3S/c1-8-4-3-5-10(9(8)2)11(12)6-7-16(13,14)15/h8-11H,3-7,12H2,1-2H3,(H,13,14,15). The lowest BCUT2D eigenvalue weighted by Gasteiger charge is -2.37. The molecule has 0 aromatic carbocycles. The van der Waals surface area contributed by atoms with Crippen molar-refractivity contribution in [3.8, 4) is 0 Å². The fraction of sp³-hybridized carbons (Fsp3) is 1.00. The van der Waals surface area contributed by atoms with Gasteiger partial charge in [-0.15, -0.1) is 0 Å². The largest absolute Gasteiger partial charge is 0.327 e. The van der Waals surface area contributed by atoms with Crippen LogP contribution in [0.4, 0.5) is 0 Å². The van der Waals surface area contributed by atoms with E-state index in [-0.39, 0.29) is 11.8 Å². The van der Waals surface area contributed by atoms with E-state index in [2.05, 4.69) is 13.8 Å². The molecule has 0 bridgehead atoms. The van der Waals surface area contributed by atoms with Gasteiger partial charge in [0.05, 0.1) is 5.75 Å². The minimum Gasteiger partial charge on any atom is -0.327 e. The van der Waals surface area contributed by atoms with E-state index in [1.165, 1.54) is 12.8 Å². The molecule has 0 aromatic heterocycles. The Morgan fingerprint density at radius 2 is 2.00 bits per heavy atom. The molecule has 0 radical (unpaired) electrons. The highest BCUT2D eigenvalue weighted by Crippen LogP contribution is 2.36. The third kappa shape index (κ3) is 4.03. The molecule has 1 saturated carbocycles. The molecule has 0 spiro atoms. The van der Waals surface area contributed by atoms with Crippen LogP contribution >= 0.6 is 0 Å². The normalized spacial score (nSPS) is 33.6. The molecule has 4 unspecified atom stereocenters. The first kappa shape index (κ1) is 13.9. The molecule has 5 heteroatoms. The van der Waals surface area contributed by atoms with E-state index >= 15 is 0 Å². The van der Waals surface area contributed by atoms with Crippen LogP contribution in [0.15, 0.2) is 0 Å². The van der Waals surface area contributed by atoms with Crippen molar-refractivity contribution >= 4 is 10.1 Å². The van der Waals surface area contributed by atoms with Gasteiger partial charge in [-0.1, -0.05) is 26.7 Å². The monoisotopic (exact) mass is 249 g/mol. The van der Waals surface area contributed by atoms with Crippen LogP contribution in [0.25, 0.3) is 0 Å². The van der Waals surface area contributed by atoms with Crippen LogP contribution in [0, 0.1) is 17.8 Å². The number of hydrogen-bond acceptors (Lipinski definition) is 3. The maximum atomic E-state index is 10.7. The van der Waals surface area contributed by atoms with Gasteiger partial charge in [-0.3, -0.25) is 4.55 Å². The second-order valence-corrected chi connectivity index (χ2v) is 6.74. The van der Waals surface area contributed by atoms with Crippen LogP contribution in [0.1, 0.15) is 39.5 Å². The van der Waals surface area contributed by atoms with Crippen molar-refractivity contribution in [2.24, 2.45) is 23.5 Å². The average Bonchev–Trinajstić information content (AvgIpc) is 2.17. The van der Waals surface area contributed by atoms with Gasteiger partial charge in [0, 0.05) is 6.04 Å². The Bertz CT molecular complexity index is 315. The van der Waals surface area contributed by atoms with E-state index in [1.54, 1.807) is 0 Å². The topological polar surface area (TPSA) is 80.4 Å². The summed E-state index contributed by atoms with van der Waals surface area (Å²) in [5.41, 5.74) is 6.03. The number of hydrogen-bond donors (Lipinski definition) is 2. The molecule has 96 valence electrons. The molecule has 0 saturated heterocycles. The zero-order chi connectivity index (χ0) is 12.3. The van der Waals surface area contributed by atoms with Gasteiger partial charge in [-0.2, -0.15) is 8.42 Å². The quantitative estimate of drug-likeness (QED) is 0.743. The smallest absolute Gasteiger partial charge is 0.264 e. The summed E-state index contributed by atoms with van der Waals surface area (Å²) >= 11 is 0. The van der Waals surface area contributed by atoms with Crippen LogP contribution in [0.2, 0.25) is 0 Å². The zero-order valence-corrected chi connectivity index (χ0v) is 10.9. The maximum Gasteiger partial charge on any atom is 0.264 e. The van der Waals surface area contributed by atoms with Crippen molar-refractivity contribution in [2.45, 2.75) is 45.6 Å². The van der Waals surface area contributed by atoms with E-state index in [1.807, 2.05) is 0 Å². The Balaban J connectivity index is 2.49. The second-order valence-electron chi connectivity index (χ2n) is 5.17. The Labute approximate surface area is 98.4 Å². The molecule has 0 amide bonds. The number of nitrogens with two attached hydrogens (primary N) is 1. The SMILES string of the molecule is CC1CCCC(C(N)CCS(=O)(=O)O)C1C. The molecule has 0 aliphatic heterocycles. The van der Waals surface area contributed by atoms with Gasteiger partial charge in [0.25, 0.3) is 10.1 Å². The van der Waals surface area contributed by atoms with Crippen LogP contribution < -0.4 is 5.73 Å². The van der Waals surface area contributed by atoms with Crippen LogP contribution in [-0.4, -0.2) is 24.8 Å². The predicted octanol–water partition coefficient (Wildman–Crippen LogP) is 1.66. The maximum absolute atomic E-state index is 10.7. The van der Waals surface area contributed by atoms with E-state index in [4.69, 9.17) is 10.3 Å². The summed E-state index contributed by atoms with van der Waals surface area (Å²) in [7, 11) is -3.87. The van der Waals surface area contributed by atoms with Gasteiger partial charge >= 0.3 is 0 Å². The van der Waals surface area contributed by atoms with E-state index in [0.717, 1.165) is 6.42 Å². The summed E-state index contributed by atoms with van der Waals surface area (Å²) in [5, 5.41) is 0. The molecule has 4 nitrogen and oxygen atoms in total. The lowest BCUT2D eigenvalue weighted by molar-refractivity contribution is 0.154. The molecule has 0 heterocycles. The fourth-order valence-corrected chi connectivity index (χ4v) is 3.30. The van der Waals surface area contributed by atoms with Crippen molar-refractivity contribution in [3.63, 3.8) is 0 Å².